The van der Waals surface area contributed by atoms with E-state index in [1.165, 1.54) is 31.2 Å². The summed E-state index contributed by atoms with van der Waals surface area (Å²) in [6.07, 6.45) is 8.09. The monoisotopic (exact) mass is 232 g/mol. The second kappa shape index (κ2) is 4.69. The van der Waals surface area contributed by atoms with Gasteiger partial charge in [0.2, 0.25) is 0 Å². The first kappa shape index (κ1) is 11.1. The second-order valence-corrected chi connectivity index (χ2v) is 5.26. The molecule has 0 aromatic heterocycles. The fourth-order valence-corrected chi connectivity index (χ4v) is 3.09. The largest absolute Gasteiger partial charge is 0.490 e. The van der Waals surface area contributed by atoms with Crippen molar-refractivity contribution in [1.29, 1.82) is 0 Å². The van der Waals surface area contributed by atoms with Crippen LogP contribution in [0.5, 0.6) is 5.75 Å². The van der Waals surface area contributed by atoms with Crippen molar-refractivity contribution in [2.24, 2.45) is 0 Å². The lowest BCUT2D eigenvalue weighted by atomic mass is 9.89. The maximum absolute atomic E-state index is 9.99. The van der Waals surface area contributed by atoms with Gasteiger partial charge in [0.15, 0.2) is 0 Å². The van der Waals surface area contributed by atoms with E-state index in [-0.39, 0.29) is 6.10 Å². The minimum Gasteiger partial charge on any atom is -0.490 e. The first-order valence-electron chi connectivity index (χ1n) is 6.81. The molecule has 1 saturated carbocycles. The van der Waals surface area contributed by atoms with Crippen molar-refractivity contribution in [3.8, 4) is 5.75 Å². The van der Waals surface area contributed by atoms with Crippen molar-refractivity contribution in [3.05, 3.63) is 29.3 Å². The Hall–Kier alpha value is -1.02. The van der Waals surface area contributed by atoms with Crippen LogP contribution >= 0.6 is 0 Å². The van der Waals surface area contributed by atoms with Gasteiger partial charge in [0.25, 0.3) is 0 Å². The maximum atomic E-state index is 9.99. The Morgan fingerprint density at radius 2 is 1.88 bits per heavy atom. The SMILES string of the molecule is OC1CCCc2c(OC3CCCC3)cccc21. The van der Waals surface area contributed by atoms with Crippen LogP contribution in [-0.2, 0) is 6.42 Å². The number of fused-ring (bicyclic) bond motifs is 1. The molecule has 2 aliphatic rings. The molecule has 0 aliphatic heterocycles. The molecule has 1 aromatic carbocycles. The Balaban J connectivity index is 1.86. The predicted octanol–water partition coefficient (Wildman–Crippen LogP) is 3.38. The highest BCUT2D eigenvalue weighted by Crippen LogP contribution is 2.36. The van der Waals surface area contributed by atoms with Crippen LogP contribution < -0.4 is 4.74 Å². The molecule has 17 heavy (non-hydrogen) atoms. The highest BCUT2D eigenvalue weighted by atomic mass is 16.5. The highest BCUT2D eigenvalue weighted by molar-refractivity contribution is 5.43. The van der Waals surface area contributed by atoms with E-state index < -0.39 is 0 Å². The zero-order valence-electron chi connectivity index (χ0n) is 10.2. The quantitative estimate of drug-likeness (QED) is 0.847. The average molecular weight is 232 g/mol. The Morgan fingerprint density at radius 1 is 1.06 bits per heavy atom. The summed E-state index contributed by atoms with van der Waals surface area (Å²) in [4.78, 5) is 0. The van der Waals surface area contributed by atoms with Crippen LogP contribution in [0.25, 0.3) is 0 Å². The summed E-state index contributed by atoms with van der Waals surface area (Å²) in [5.41, 5.74) is 2.34. The van der Waals surface area contributed by atoms with Crippen molar-refractivity contribution >= 4 is 0 Å². The molecule has 0 saturated heterocycles. The summed E-state index contributed by atoms with van der Waals surface area (Å²) >= 11 is 0. The molecule has 0 spiro atoms. The molecular weight excluding hydrogens is 212 g/mol. The highest BCUT2D eigenvalue weighted by Gasteiger charge is 2.23. The van der Waals surface area contributed by atoms with Crippen LogP contribution in [0.2, 0.25) is 0 Å². The van der Waals surface area contributed by atoms with Gasteiger partial charge in [0.1, 0.15) is 5.75 Å². The van der Waals surface area contributed by atoms with Gasteiger partial charge in [-0.2, -0.15) is 0 Å². The van der Waals surface area contributed by atoms with E-state index >= 15 is 0 Å². The third kappa shape index (κ3) is 2.19. The zero-order chi connectivity index (χ0) is 11.7. The van der Waals surface area contributed by atoms with Gasteiger partial charge >= 0.3 is 0 Å². The third-order valence-corrected chi connectivity index (χ3v) is 4.03. The van der Waals surface area contributed by atoms with E-state index in [9.17, 15) is 5.11 Å². The van der Waals surface area contributed by atoms with Gasteiger partial charge in [-0.1, -0.05) is 12.1 Å². The third-order valence-electron chi connectivity index (χ3n) is 4.03. The molecule has 0 amide bonds. The molecule has 2 aliphatic carbocycles. The topological polar surface area (TPSA) is 29.5 Å². The summed E-state index contributed by atoms with van der Waals surface area (Å²) in [7, 11) is 0. The van der Waals surface area contributed by atoms with E-state index in [1.807, 2.05) is 12.1 Å². The maximum Gasteiger partial charge on any atom is 0.123 e. The van der Waals surface area contributed by atoms with Crippen LogP contribution in [0.1, 0.15) is 55.8 Å². The number of benzene rings is 1. The Bertz CT molecular complexity index is 394. The minimum atomic E-state index is -0.286. The van der Waals surface area contributed by atoms with E-state index in [0.717, 1.165) is 30.6 Å². The first-order valence-corrected chi connectivity index (χ1v) is 6.81. The molecule has 1 N–H and O–H groups in total. The fraction of sp³-hybridized carbons (Fsp3) is 0.600. The molecule has 3 rings (SSSR count). The fourth-order valence-electron chi connectivity index (χ4n) is 3.09. The van der Waals surface area contributed by atoms with E-state index in [0.29, 0.717) is 6.10 Å². The molecule has 92 valence electrons. The molecule has 2 heteroatoms. The van der Waals surface area contributed by atoms with Crippen LogP contribution in [0.4, 0.5) is 0 Å². The van der Waals surface area contributed by atoms with Crippen molar-refractivity contribution in [2.75, 3.05) is 0 Å². The lowest BCUT2D eigenvalue weighted by Crippen LogP contribution is -2.15. The summed E-state index contributed by atoms with van der Waals surface area (Å²) in [6.45, 7) is 0. The van der Waals surface area contributed by atoms with Crippen molar-refractivity contribution in [2.45, 2.75) is 57.2 Å². The van der Waals surface area contributed by atoms with Crippen molar-refractivity contribution in [3.63, 3.8) is 0 Å². The number of hydrogen-bond acceptors (Lipinski definition) is 2. The zero-order valence-corrected chi connectivity index (χ0v) is 10.2. The van der Waals surface area contributed by atoms with Crippen molar-refractivity contribution in [1.82, 2.24) is 0 Å². The number of ether oxygens (including phenoxy) is 1. The van der Waals surface area contributed by atoms with Gasteiger partial charge in [0.05, 0.1) is 12.2 Å². The lowest BCUT2D eigenvalue weighted by molar-refractivity contribution is 0.152. The van der Waals surface area contributed by atoms with Gasteiger partial charge in [-0.05, 0) is 62.1 Å². The molecule has 2 nitrogen and oxygen atoms in total. The summed E-state index contributed by atoms with van der Waals surface area (Å²) in [5, 5.41) is 9.99. The van der Waals surface area contributed by atoms with Crippen LogP contribution in [0.3, 0.4) is 0 Å². The van der Waals surface area contributed by atoms with Gasteiger partial charge in [-0.25, -0.2) is 0 Å². The van der Waals surface area contributed by atoms with E-state index in [4.69, 9.17) is 4.74 Å². The van der Waals surface area contributed by atoms with E-state index in [1.54, 1.807) is 0 Å². The smallest absolute Gasteiger partial charge is 0.123 e. The molecular formula is C15H20O2. The van der Waals surface area contributed by atoms with Gasteiger partial charge in [-0.3, -0.25) is 0 Å². The Labute approximate surface area is 103 Å². The lowest BCUT2D eigenvalue weighted by Gasteiger charge is -2.25. The first-order chi connectivity index (χ1) is 8.34. The molecule has 1 fully saturated rings. The van der Waals surface area contributed by atoms with Crippen LogP contribution in [0.15, 0.2) is 18.2 Å². The predicted molar refractivity (Wildman–Crippen MR) is 67.2 cm³/mol. The summed E-state index contributed by atoms with van der Waals surface area (Å²) in [5.74, 6) is 1.02. The molecule has 1 aromatic rings. The summed E-state index contributed by atoms with van der Waals surface area (Å²) in [6, 6.07) is 6.12. The van der Waals surface area contributed by atoms with Gasteiger partial charge in [-0.15, -0.1) is 0 Å². The number of aliphatic hydroxyl groups excluding tert-OH is 1. The van der Waals surface area contributed by atoms with Crippen molar-refractivity contribution < 1.29 is 9.84 Å². The van der Waals surface area contributed by atoms with Gasteiger partial charge in [0, 0.05) is 0 Å². The number of hydrogen-bond donors (Lipinski definition) is 1. The van der Waals surface area contributed by atoms with Gasteiger partial charge < -0.3 is 9.84 Å². The minimum absolute atomic E-state index is 0.286. The molecule has 0 bridgehead atoms. The average Bonchev–Trinajstić information content (AvgIpc) is 2.83. The number of rotatable bonds is 2. The standard InChI is InChI=1S/C15H20O2/c16-14-9-3-8-13-12(14)7-4-10-15(13)17-11-5-1-2-6-11/h4,7,10-11,14,16H,1-3,5-6,8-9H2. The molecule has 0 heterocycles. The molecule has 0 radical (unpaired) electrons. The van der Waals surface area contributed by atoms with Crippen LogP contribution in [0, 0.1) is 0 Å². The Morgan fingerprint density at radius 3 is 2.71 bits per heavy atom. The molecule has 1 atom stereocenters. The number of aliphatic hydroxyl groups is 1. The Kier molecular flexibility index (Phi) is 3.06. The second-order valence-electron chi connectivity index (χ2n) is 5.26. The molecule has 1 unspecified atom stereocenters. The van der Waals surface area contributed by atoms with E-state index in [2.05, 4.69) is 6.07 Å². The normalized spacial score (nSPS) is 24.6. The summed E-state index contributed by atoms with van der Waals surface area (Å²) < 4.78 is 6.11. The van der Waals surface area contributed by atoms with Crippen LogP contribution in [-0.4, -0.2) is 11.2 Å².